The number of thioether (sulfide) groups is 1. The second kappa shape index (κ2) is 10.4. The molecule has 0 aliphatic rings. The van der Waals surface area contributed by atoms with Gasteiger partial charge >= 0.3 is 6.03 Å². The van der Waals surface area contributed by atoms with E-state index in [2.05, 4.69) is 16.0 Å². The quantitative estimate of drug-likeness (QED) is 0.459. The molecule has 0 radical (unpaired) electrons. The largest absolute Gasteiger partial charge is 0.467 e. The highest BCUT2D eigenvalue weighted by Gasteiger charge is 2.13. The minimum Gasteiger partial charge on any atom is -0.467 e. The molecule has 29 heavy (non-hydrogen) atoms. The van der Waals surface area contributed by atoms with Gasteiger partial charge in [0.25, 0.3) is 0 Å². The Morgan fingerprint density at radius 2 is 1.62 bits per heavy atom. The van der Waals surface area contributed by atoms with Gasteiger partial charge in [-0.1, -0.05) is 25.1 Å². The molecule has 0 saturated carbocycles. The van der Waals surface area contributed by atoms with Gasteiger partial charge in [0.2, 0.25) is 5.91 Å². The summed E-state index contributed by atoms with van der Waals surface area (Å²) in [6, 6.07) is 20.2. The summed E-state index contributed by atoms with van der Waals surface area (Å²) in [6.07, 6.45) is 1.56. The van der Waals surface area contributed by atoms with Gasteiger partial charge in [0.05, 0.1) is 12.8 Å². The Morgan fingerprint density at radius 3 is 2.28 bits per heavy atom. The Balaban J connectivity index is 1.43. The van der Waals surface area contributed by atoms with E-state index in [1.54, 1.807) is 54.4 Å². The molecule has 150 valence electrons. The van der Waals surface area contributed by atoms with E-state index >= 15 is 0 Å². The fourth-order valence-corrected chi connectivity index (χ4v) is 3.42. The van der Waals surface area contributed by atoms with E-state index in [1.807, 2.05) is 37.3 Å². The number of nitrogens with one attached hydrogen (secondary N) is 3. The standard InChI is InChI=1S/C22H23N3O3S/c1-16(15-29-20-7-3-2-4-8-20)21(26)24-17-9-11-18(12-10-17)25-22(27)23-14-19-6-5-13-28-19/h2-13,16H,14-15H2,1H3,(H,24,26)(H2,23,25,27). The van der Waals surface area contributed by atoms with Crippen LogP contribution in [0, 0.1) is 5.92 Å². The predicted molar refractivity (Wildman–Crippen MR) is 116 cm³/mol. The third-order valence-electron chi connectivity index (χ3n) is 4.10. The molecule has 3 aromatic rings. The fourth-order valence-electron chi connectivity index (χ4n) is 2.47. The van der Waals surface area contributed by atoms with Crippen molar-refractivity contribution in [2.75, 3.05) is 16.4 Å². The summed E-state index contributed by atoms with van der Waals surface area (Å²) in [5.74, 6) is 1.21. The summed E-state index contributed by atoms with van der Waals surface area (Å²) in [5.41, 5.74) is 1.32. The summed E-state index contributed by atoms with van der Waals surface area (Å²) in [7, 11) is 0. The molecule has 0 aliphatic carbocycles. The van der Waals surface area contributed by atoms with Crippen molar-refractivity contribution in [3.05, 3.63) is 78.8 Å². The number of rotatable bonds is 8. The SMILES string of the molecule is CC(CSc1ccccc1)C(=O)Nc1ccc(NC(=O)NCc2ccco2)cc1. The highest BCUT2D eigenvalue weighted by molar-refractivity contribution is 7.99. The van der Waals surface area contributed by atoms with Gasteiger partial charge in [-0.05, 0) is 48.5 Å². The molecule has 0 aliphatic heterocycles. The summed E-state index contributed by atoms with van der Waals surface area (Å²) in [4.78, 5) is 25.4. The van der Waals surface area contributed by atoms with Crippen molar-refractivity contribution in [1.82, 2.24) is 5.32 Å². The Hall–Kier alpha value is -3.19. The molecule has 6 nitrogen and oxygen atoms in total. The number of hydrogen-bond acceptors (Lipinski definition) is 4. The van der Waals surface area contributed by atoms with Crippen molar-refractivity contribution in [1.29, 1.82) is 0 Å². The smallest absolute Gasteiger partial charge is 0.319 e. The number of carbonyl (C=O) groups excluding carboxylic acids is 2. The van der Waals surface area contributed by atoms with Crippen molar-refractivity contribution >= 4 is 35.1 Å². The van der Waals surface area contributed by atoms with Crippen LogP contribution in [0.3, 0.4) is 0 Å². The summed E-state index contributed by atoms with van der Waals surface area (Å²) >= 11 is 1.66. The molecule has 1 unspecified atom stereocenters. The average Bonchev–Trinajstić information content (AvgIpc) is 3.26. The Kier molecular flexibility index (Phi) is 7.35. The number of furan rings is 1. The molecule has 0 bridgehead atoms. The number of amides is 3. The van der Waals surface area contributed by atoms with Crippen molar-refractivity contribution in [3.63, 3.8) is 0 Å². The minimum atomic E-state index is -0.329. The lowest BCUT2D eigenvalue weighted by molar-refractivity contribution is -0.118. The van der Waals surface area contributed by atoms with Crippen molar-refractivity contribution in [3.8, 4) is 0 Å². The van der Waals surface area contributed by atoms with Crippen LogP contribution in [0.25, 0.3) is 0 Å². The normalized spacial score (nSPS) is 11.5. The summed E-state index contributed by atoms with van der Waals surface area (Å²) in [5, 5.41) is 8.35. The second-order valence-corrected chi connectivity index (χ2v) is 7.57. The number of hydrogen-bond donors (Lipinski definition) is 3. The highest BCUT2D eigenvalue weighted by Crippen LogP contribution is 2.21. The molecule has 3 amide bonds. The van der Waals surface area contributed by atoms with E-state index in [9.17, 15) is 9.59 Å². The van der Waals surface area contributed by atoms with Crippen LogP contribution >= 0.6 is 11.8 Å². The lowest BCUT2D eigenvalue weighted by Gasteiger charge is -2.13. The van der Waals surface area contributed by atoms with E-state index in [0.29, 0.717) is 29.4 Å². The Labute approximate surface area is 174 Å². The maximum absolute atomic E-state index is 12.4. The summed E-state index contributed by atoms with van der Waals surface area (Å²) < 4.78 is 5.16. The van der Waals surface area contributed by atoms with Crippen LogP contribution in [0.2, 0.25) is 0 Å². The number of urea groups is 1. The number of benzene rings is 2. The first kappa shape index (κ1) is 20.5. The monoisotopic (exact) mass is 409 g/mol. The zero-order chi connectivity index (χ0) is 20.5. The van der Waals surface area contributed by atoms with E-state index in [-0.39, 0.29) is 17.9 Å². The number of carbonyl (C=O) groups is 2. The fraction of sp³-hybridized carbons (Fsp3) is 0.182. The molecule has 1 heterocycles. The summed E-state index contributed by atoms with van der Waals surface area (Å²) in [6.45, 7) is 2.22. The van der Waals surface area contributed by atoms with Gasteiger partial charge in [0.15, 0.2) is 0 Å². The van der Waals surface area contributed by atoms with Crippen LogP contribution in [-0.2, 0) is 11.3 Å². The average molecular weight is 410 g/mol. The van der Waals surface area contributed by atoms with Crippen LogP contribution in [0.5, 0.6) is 0 Å². The number of anilines is 2. The molecule has 1 atom stereocenters. The zero-order valence-corrected chi connectivity index (χ0v) is 16.9. The molecule has 1 aromatic heterocycles. The van der Waals surface area contributed by atoms with E-state index in [4.69, 9.17) is 4.42 Å². The van der Waals surface area contributed by atoms with Crippen LogP contribution in [0.4, 0.5) is 16.2 Å². The molecule has 0 spiro atoms. The van der Waals surface area contributed by atoms with E-state index < -0.39 is 0 Å². The third-order valence-corrected chi connectivity index (χ3v) is 5.38. The Morgan fingerprint density at radius 1 is 0.931 bits per heavy atom. The topological polar surface area (TPSA) is 83.4 Å². The molecule has 3 rings (SSSR count). The molecule has 2 aromatic carbocycles. The maximum atomic E-state index is 12.4. The molecule has 0 saturated heterocycles. The highest BCUT2D eigenvalue weighted by atomic mass is 32.2. The van der Waals surface area contributed by atoms with Gasteiger partial charge < -0.3 is 20.4 Å². The van der Waals surface area contributed by atoms with Crippen LogP contribution in [-0.4, -0.2) is 17.7 Å². The van der Waals surface area contributed by atoms with Crippen molar-refractivity contribution in [2.24, 2.45) is 5.92 Å². The molecule has 0 fully saturated rings. The molecule has 7 heteroatoms. The first-order valence-corrected chi connectivity index (χ1v) is 10.2. The third kappa shape index (κ3) is 6.73. The lowest BCUT2D eigenvalue weighted by Crippen LogP contribution is -2.28. The second-order valence-electron chi connectivity index (χ2n) is 6.48. The van der Waals surface area contributed by atoms with Crippen molar-refractivity contribution in [2.45, 2.75) is 18.4 Å². The van der Waals surface area contributed by atoms with Gasteiger partial charge in [0.1, 0.15) is 5.76 Å². The van der Waals surface area contributed by atoms with Gasteiger partial charge in [-0.15, -0.1) is 11.8 Å². The predicted octanol–water partition coefficient (Wildman–Crippen LogP) is 4.97. The van der Waals surface area contributed by atoms with E-state index in [1.165, 1.54) is 0 Å². The first-order valence-electron chi connectivity index (χ1n) is 9.26. The van der Waals surface area contributed by atoms with Crippen LogP contribution < -0.4 is 16.0 Å². The Bertz CT molecular complexity index is 912. The maximum Gasteiger partial charge on any atom is 0.319 e. The van der Waals surface area contributed by atoms with Gasteiger partial charge in [-0.3, -0.25) is 4.79 Å². The van der Waals surface area contributed by atoms with Gasteiger partial charge in [-0.25, -0.2) is 4.79 Å². The molecular formula is C22H23N3O3S. The lowest BCUT2D eigenvalue weighted by atomic mass is 10.2. The van der Waals surface area contributed by atoms with Crippen LogP contribution in [0.1, 0.15) is 12.7 Å². The van der Waals surface area contributed by atoms with Gasteiger partial charge in [-0.2, -0.15) is 0 Å². The van der Waals surface area contributed by atoms with E-state index in [0.717, 1.165) is 4.90 Å². The van der Waals surface area contributed by atoms with Crippen LogP contribution in [0.15, 0.2) is 82.3 Å². The molecular weight excluding hydrogens is 386 g/mol. The zero-order valence-electron chi connectivity index (χ0n) is 16.1. The van der Waals surface area contributed by atoms with Crippen molar-refractivity contribution < 1.29 is 14.0 Å². The minimum absolute atomic E-state index is 0.0367. The molecule has 3 N–H and O–H groups in total. The first-order chi connectivity index (χ1) is 14.1. The van der Waals surface area contributed by atoms with Gasteiger partial charge in [0, 0.05) is 27.9 Å².